The average Bonchev–Trinajstić information content (AvgIpc) is 2.57. The summed E-state index contributed by atoms with van der Waals surface area (Å²) in [6.07, 6.45) is 1.96. The quantitative estimate of drug-likeness (QED) is 0.737. The van der Waals surface area contributed by atoms with Crippen molar-refractivity contribution in [1.29, 1.82) is 10.5 Å². The summed E-state index contributed by atoms with van der Waals surface area (Å²) in [5.74, 6) is -0.514. The van der Waals surface area contributed by atoms with Crippen molar-refractivity contribution in [3.8, 4) is 12.1 Å². The summed E-state index contributed by atoms with van der Waals surface area (Å²) in [6, 6.07) is 18.0. The molecule has 1 unspecified atom stereocenters. The number of carbonyl (C=O) groups excluding carboxylic acids is 1. The number of nitrogens with zero attached hydrogens (tertiary/aromatic N) is 2. The molecule has 0 saturated carbocycles. The van der Waals surface area contributed by atoms with E-state index < -0.39 is 11.3 Å². The summed E-state index contributed by atoms with van der Waals surface area (Å²) in [6.45, 7) is 5.15. The zero-order valence-electron chi connectivity index (χ0n) is 13.1. The van der Waals surface area contributed by atoms with Crippen molar-refractivity contribution in [1.82, 2.24) is 0 Å². The van der Waals surface area contributed by atoms with Crippen molar-refractivity contribution in [2.45, 2.75) is 25.7 Å². The van der Waals surface area contributed by atoms with Crippen molar-refractivity contribution in [2.75, 3.05) is 0 Å². The van der Waals surface area contributed by atoms with Crippen molar-refractivity contribution in [2.24, 2.45) is 5.41 Å². The molecule has 3 nitrogen and oxygen atoms in total. The molecule has 0 amide bonds. The molecule has 2 aromatic carbocycles. The van der Waals surface area contributed by atoms with Gasteiger partial charge in [-0.2, -0.15) is 10.5 Å². The standard InChI is InChI=1S/C20H18N2O/c1-3-10-20(13-21,14-22)19(11-15(2)23)18-9-8-16-6-4-5-7-17(16)12-18/h3-9,12,19H,1,10-11H2,2H3. The van der Waals surface area contributed by atoms with Gasteiger partial charge in [0.05, 0.1) is 12.1 Å². The van der Waals surface area contributed by atoms with Gasteiger partial charge in [0.1, 0.15) is 5.78 Å². The van der Waals surface area contributed by atoms with Crippen LogP contribution in [0.2, 0.25) is 0 Å². The van der Waals surface area contributed by atoms with E-state index in [1.54, 1.807) is 6.08 Å². The van der Waals surface area contributed by atoms with Crippen LogP contribution in [0.5, 0.6) is 0 Å². The topological polar surface area (TPSA) is 64.7 Å². The summed E-state index contributed by atoms with van der Waals surface area (Å²) < 4.78 is 0. The minimum Gasteiger partial charge on any atom is -0.300 e. The number of rotatable bonds is 6. The van der Waals surface area contributed by atoms with Crippen LogP contribution in [0.15, 0.2) is 55.1 Å². The maximum absolute atomic E-state index is 11.7. The largest absolute Gasteiger partial charge is 0.300 e. The third-order valence-corrected chi connectivity index (χ3v) is 4.13. The number of allylic oxidation sites excluding steroid dienone is 1. The predicted octanol–water partition coefficient (Wildman–Crippen LogP) is 4.51. The van der Waals surface area contributed by atoms with Crippen molar-refractivity contribution in [3.63, 3.8) is 0 Å². The van der Waals surface area contributed by atoms with Gasteiger partial charge in [-0.05, 0) is 29.7 Å². The number of nitriles is 2. The van der Waals surface area contributed by atoms with Crippen LogP contribution in [0.1, 0.15) is 31.2 Å². The van der Waals surface area contributed by atoms with Crippen LogP contribution in [0, 0.1) is 28.1 Å². The molecular weight excluding hydrogens is 284 g/mol. The van der Waals surface area contributed by atoms with Gasteiger partial charge < -0.3 is 4.79 Å². The van der Waals surface area contributed by atoms with Crippen molar-refractivity contribution >= 4 is 16.6 Å². The lowest BCUT2D eigenvalue weighted by Gasteiger charge is -2.28. The zero-order valence-corrected chi connectivity index (χ0v) is 13.1. The minimum absolute atomic E-state index is 0.0397. The lowest BCUT2D eigenvalue weighted by Crippen LogP contribution is -2.27. The molecular formula is C20H18N2O. The van der Waals surface area contributed by atoms with E-state index in [1.807, 2.05) is 42.5 Å². The molecule has 2 rings (SSSR count). The average molecular weight is 302 g/mol. The second-order valence-electron chi connectivity index (χ2n) is 5.75. The predicted molar refractivity (Wildman–Crippen MR) is 90.5 cm³/mol. The molecule has 0 radical (unpaired) electrons. The Kier molecular flexibility index (Phi) is 4.94. The number of Topliss-reactive ketones (excluding diaryl/α,β-unsaturated/α-hetero) is 1. The highest BCUT2D eigenvalue weighted by Gasteiger charge is 2.40. The third kappa shape index (κ3) is 3.30. The Morgan fingerprint density at radius 2 is 1.87 bits per heavy atom. The molecule has 0 aliphatic heterocycles. The van der Waals surface area contributed by atoms with Crippen LogP contribution in [0.25, 0.3) is 10.8 Å². The van der Waals surface area contributed by atoms with Gasteiger partial charge in [-0.3, -0.25) is 0 Å². The lowest BCUT2D eigenvalue weighted by atomic mass is 9.69. The molecule has 0 aliphatic rings. The number of carbonyl (C=O) groups is 1. The van der Waals surface area contributed by atoms with Gasteiger partial charge in [0.15, 0.2) is 5.41 Å². The number of benzene rings is 2. The molecule has 3 heteroatoms. The highest BCUT2D eigenvalue weighted by molar-refractivity contribution is 5.83. The van der Waals surface area contributed by atoms with E-state index in [0.29, 0.717) is 0 Å². The van der Waals surface area contributed by atoms with Crippen molar-refractivity contribution in [3.05, 3.63) is 60.7 Å². The first kappa shape index (κ1) is 16.5. The fourth-order valence-corrected chi connectivity index (χ4v) is 2.93. The normalized spacial score (nSPS) is 12.1. The second-order valence-corrected chi connectivity index (χ2v) is 5.75. The number of hydrogen-bond acceptors (Lipinski definition) is 3. The van der Waals surface area contributed by atoms with Crippen LogP contribution < -0.4 is 0 Å². The summed E-state index contributed by atoms with van der Waals surface area (Å²) >= 11 is 0. The fraction of sp³-hybridized carbons (Fsp3) is 0.250. The number of ketones is 1. The molecule has 114 valence electrons. The highest BCUT2D eigenvalue weighted by atomic mass is 16.1. The smallest absolute Gasteiger partial charge is 0.154 e. The van der Waals surface area contributed by atoms with Gasteiger partial charge in [0.25, 0.3) is 0 Å². The molecule has 0 aliphatic carbocycles. The molecule has 0 spiro atoms. The molecule has 0 fully saturated rings. The minimum atomic E-state index is -1.28. The summed E-state index contributed by atoms with van der Waals surface area (Å²) in [5, 5.41) is 21.4. The van der Waals surface area contributed by atoms with Crippen LogP contribution >= 0.6 is 0 Å². The van der Waals surface area contributed by atoms with Gasteiger partial charge in [0.2, 0.25) is 0 Å². The Bertz CT molecular complexity index is 809. The molecule has 0 heterocycles. The third-order valence-electron chi connectivity index (χ3n) is 4.13. The van der Waals surface area contributed by atoms with Gasteiger partial charge in [-0.25, -0.2) is 0 Å². The first-order chi connectivity index (χ1) is 11.1. The van der Waals surface area contributed by atoms with Crippen molar-refractivity contribution < 1.29 is 4.79 Å². The maximum atomic E-state index is 11.7. The fourth-order valence-electron chi connectivity index (χ4n) is 2.93. The Balaban J connectivity index is 2.60. The van der Waals surface area contributed by atoms with E-state index in [1.165, 1.54) is 6.92 Å². The number of hydrogen-bond donors (Lipinski definition) is 0. The first-order valence-corrected chi connectivity index (χ1v) is 7.48. The molecule has 0 aromatic heterocycles. The number of fused-ring (bicyclic) bond motifs is 1. The van der Waals surface area contributed by atoms with E-state index in [4.69, 9.17) is 0 Å². The maximum Gasteiger partial charge on any atom is 0.154 e. The van der Waals surface area contributed by atoms with Gasteiger partial charge in [-0.1, -0.05) is 48.5 Å². The van der Waals surface area contributed by atoms with Crippen LogP contribution in [-0.4, -0.2) is 5.78 Å². The highest BCUT2D eigenvalue weighted by Crippen LogP contribution is 2.42. The van der Waals surface area contributed by atoms with E-state index >= 15 is 0 Å². The first-order valence-electron chi connectivity index (χ1n) is 7.48. The van der Waals surface area contributed by atoms with Gasteiger partial charge in [0, 0.05) is 12.3 Å². The molecule has 0 N–H and O–H groups in total. The Morgan fingerprint density at radius 1 is 1.22 bits per heavy atom. The molecule has 23 heavy (non-hydrogen) atoms. The SMILES string of the molecule is C=CCC(C#N)(C#N)C(CC(C)=O)c1ccc2ccccc2c1. The second kappa shape index (κ2) is 6.90. The molecule has 2 aromatic rings. The van der Waals surface area contributed by atoms with Gasteiger partial charge >= 0.3 is 0 Å². The Morgan fingerprint density at radius 3 is 2.43 bits per heavy atom. The van der Waals surface area contributed by atoms with E-state index in [9.17, 15) is 15.3 Å². The Labute approximate surface area is 136 Å². The molecule has 1 atom stereocenters. The Hall–Kier alpha value is -2.91. The summed E-state index contributed by atoms with van der Waals surface area (Å²) in [4.78, 5) is 11.7. The lowest BCUT2D eigenvalue weighted by molar-refractivity contribution is -0.117. The van der Waals surface area contributed by atoms with Crippen LogP contribution in [-0.2, 0) is 4.79 Å². The van der Waals surface area contributed by atoms with Crippen LogP contribution in [0.3, 0.4) is 0 Å². The van der Waals surface area contributed by atoms with E-state index in [0.717, 1.165) is 16.3 Å². The summed E-state index contributed by atoms with van der Waals surface area (Å²) in [7, 11) is 0. The van der Waals surface area contributed by atoms with E-state index in [2.05, 4.69) is 18.7 Å². The zero-order chi connectivity index (χ0) is 16.9. The molecule has 0 bridgehead atoms. The van der Waals surface area contributed by atoms with Crippen LogP contribution in [0.4, 0.5) is 0 Å². The van der Waals surface area contributed by atoms with E-state index in [-0.39, 0.29) is 18.6 Å². The van der Waals surface area contributed by atoms with Gasteiger partial charge in [-0.15, -0.1) is 6.58 Å². The monoisotopic (exact) mass is 302 g/mol. The summed E-state index contributed by atoms with van der Waals surface area (Å²) in [5.41, 5.74) is -0.445. The molecule has 0 saturated heterocycles.